The van der Waals surface area contributed by atoms with E-state index in [0.717, 1.165) is 5.56 Å². The second kappa shape index (κ2) is 7.06. The highest BCUT2D eigenvalue weighted by Crippen LogP contribution is 2.32. The number of nitrogens with zero attached hydrogens (tertiary/aromatic N) is 1. The van der Waals surface area contributed by atoms with Gasteiger partial charge in [0.05, 0.1) is 4.91 Å². The van der Waals surface area contributed by atoms with Gasteiger partial charge in [0.1, 0.15) is 4.32 Å². The molecule has 1 fully saturated rings. The first-order valence-electron chi connectivity index (χ1n) is 6.20. The molecule has 0 atom stereocenters. The molecule has 21 heavy (non-hydrogen) atoms. The molecule has 0 spiro atoms. The Hall–Kier alpha value is -1.37. The van der Waals surface area contributed by atoms with E-state index in [0.29, 0.717) is 27.2 Å². The van der Waals surface area contributed by atoms with Crippen molar-refractivity contribution in [2.75, 3.05) is 6.54 Å². The highest BCUT2D eigenvalue weighted by atomic mass is 35.5. The van der Waals surface area contributed by atoms with Gasteiger partial charge in [-0.2, -0.15) is 0 Å². The summed E-state index contributed by atoms with van der Waals surface area (Å²) in [4.78, 5) is 24.7. The molecule has 1 heterocycles. The van der Waals surface area contributed by atoms with Gasteiger partial charge in [-0.05, 0) is 30.2 Å². The van der Waals surface area contributed by atoms with Crippen LogP contribution in [0.1, 0.15) is 18.4 Å². The maximum Gasteiger partial charge on any atom is 0.303 e. The van der Waals surface area contributed by atoms with Crippen molar-refractivity contribution in [1.82, 2.24) is 4.90 Å². The highest BCUT2D eigenvalue weighted by Gasteiger charge is 2.31. The fourth-order valence-electron chi connectivity index (χ4n) is 1.83. The molecule has 1 saturated heterocycles. The Bertz CT molecular complexity index is 630. The quantitative estimate of drug-likeness (QED) is 0.657. The van der Waals surface area contributed by atoms with Gasteiger partial charge < -0.3 is 5.11 Å². The minimum atomic E-state index is -0.880. The van der Waals surface area contributed by atoms with Crippen LogP contribution in [0, 0.1) is 0 Å². The van der Waals surface area contributed by atoms with Gasteiger partial charge in [0.25, 0.3) is 5.91 Å². The van der Waals surface area contributed by atoms with Crippen molar-refractivity contribution in [2.45, 2.75) is 12.8 Å². The Morgan fingerprint density at radius 2 is 2.24 bits per heavy atom. The first-order valence-corrected chi connectivity index (χ1v) is 7.80. The maximum atomic E-state index is 12.2. The maximum absolute atomic E-state index is 12.2. The van der Waals surface area contributed by atoms with Gasteiger partial charge in [-0.1, -0.05) is 47.7 Å². The van der Waals surface area contributed by atoms with Crippen LogP contribution >= 0.6 is 35.6 Å². The van der Waals surface area contributed by atoms with Crippen LogP contribution in [0.25, 0.3) is 6.08 Å². The lowest BCUT2D eigenvalue weighted by Gasteiger charge is -2.13. The molecule has 1 aliphatic rings. The number of hydrogen-bond donors (Lipinski definition) is 1. The number of thiocarbonyl (C=S) groups is 1. The zero-order valence-corrected chi connectivity index (χ0v) is 13.3. The Labute approximate surface area is 136 Å². The fourth-order valence-corrected chi connectivity index (χ4v) is 3.34. The number of carbonyl (C=O) groups is 2. The lowest BCUT2D eigenvalue weighted by Crippen LogP contribution is -2.29. The number of carboxylic acids is 1. The highest BCUT2D eigenvalue weighted by molar-refractivity contribution is 8.26. The monoisotopic (exact) mass is 341 g/mol. The first kappa shape index (κ1) is 16.0. The Balaban J connectivity index is 2.08. The number of benzene rings is 1. The predicted molar refractivity (Wildman–Crippen MR) is 88.2 cm³/mol. The largest absolute Gasteiger partial charge is 0.481 e. The Kier molecular flexibility index (Phi) is 5.39. The molecule has 1 aromatic rings. The zero-order valence-electron chi connectivity index (χ0n) is 10.9. The summed E-state index contributed by atoms with van der Waals surface area (Å²) in [5.74, 6) is -1.06. The average molecular weight is 342 g/mol. The molecule has 0 bridgehead atoms. The second-order valence-electron chi connectivity index (χ2n) is 4.39. The van der Waals surface area contributed by atoms with Crippen LogP contribution in [-0.4, -0.2) is 32.7 Å². The summed E-state index contributed by atoms with van der Waals surface area (Å²) in [5, 5.41) is 9.22. The van der Waals surface area contributed by atoms with Crippen molar-refractivity contribution in [1.29, 1.82) is 0 Å². The Morgan fingerprint density at radius 3 is 2.90 bits per heavy atom. The van der Waals surface area contributed by atoms with Gasteiger partial charge in [-0.15, -0.1) is 0 Å². The number of halogens is 1. The zero-order chi connectivity index (χ0) is 15.4. The number of hydrogen-bond acceptors (Lipinski definition) is 4. The van der Waals surface area contributed by atoms with Crippen LogP contribution in [-0.2, 0) is 9.59 Å². The summed E-state index contributed by atoms with van der Waals surface area (Å²) >= 11 is 12.3. The van der Waals surface area contributed by atoms with Crippen molar-refractivity contribution in [2.24, 2.45) is 0 Å². The third-order valence-corrected chi connectivity index (χ3v) is 4.41. The molecule has 4 nitrogen and oxygen atoms in total. The van der Waals surface area contributed by atoms with E-state index in [4.69, 9.17) is 28.9 Å². The third-order valence-electron chi connectivity index (χ3n) is 2.79. The molecule has 0 saturated carbocycles. The van der Waals surface area contributed by atoms with Crippen LogP contribution in [0.2, 0.25) is 5.02 Å². The van der Waals surface area contributed by atoms with E-state index in [1.54, 1.807) is 18.2 Å². The van der Waals surface area contributed by atoms with Gasteiger partial charge in [-0.3, -0.25) is 14.5 Å². The van der Waals surface area contributed by atoms with Crippen molar-refractivity contribution < 1.29 is 14.7 Å². The van der Waals surface area contributed by atoms with Gasteiger partial charge in [0, 0.05) is 18.0 Å². The van der Waals surface area contributed by atoms with Crippen molar-refractivity contribution in [3.63, 3.8) is 0 Å². The van der Waals surface area contributed by atoms with Crippen LogP contribution in [0.3, 0.4) is 0 Å². The van der Waals surface area contributed by atoms with Crippen molar-refractivity contribution in [3.8, 4) is 0 Å². The SMILES string of the molecule is O=C(O)CCCN1C(=O)/C(=C/c2cccc(Cl)c2)SC1=S. The number of carbonyl (C=O) groups excluding carboxylic acids is 1. The van der Waals surface area contributed by atoms with E-state index in [-0.39, 0.29) is 12.3 Å². The van der Waals surface area contributed by atoms with Gasteiger partial charge in [0.2, 0.25) is 0 Å². The first-order chi connectivity index (χ1) is 9.97. The van der Waals surface area contributed by atoms with Crippen LogP contribution in [0.5, 0.6) is 0 Å². The molecule has 0 radical (unpaired) electrons. The van der Waals surface area contributed by atoms with E-state index < -0.39 is 5.97 Å². The van der Waals surface area contributed by atoms with Gasteiger partial charge in [-0.25, -0.2) is 0 Å². The lowest BCUT2D eigenvalue weighted by atomic mass is 10.2. The molecule has 1 aromatic carbocycles. The topological polar surface area (TPSA) is 57.6 Å². The molecule has 1 N–H and O–H groups in total. The number of thioether (sulfide) groups is 1. The summed E-state index contributed by atoms with van der Waals surface area (Å²) in [6.45, 7) is 0.323. The molecular weight excluding hydrogens is 330 g/mol. The van der Waals surface area contributed by atoms with Crippen molar-refractivity contribution >= 4 is 57.9 Å². The smallest absolute Gasteiger partial charge is 0.303 e. The minimum absolute atomic E-state index is 0.0183. The summed E-state index contributed by atoms with van der Waals surface area (Å²) in [5.41, 5.74) is 0.827. The normalized spacial score (nSPS) is 16.8. The second-order valence-corrected chi connectivity index (χ2v) is 6.50. The number of aliphatic carboxylic acids is 1. The molecule has 110 valence electrons. The number of amides is 1. The van der Waals surface area contributed by atoms with Crippen LogP contribution in [0.4, 0.5) is 0 Å². The minimum Gasteiger partial charge on any atom is -0.481 e. The van der Waals surface area contributed by atoms with E-state index in [2.05, 4.69) is 0 Å². The molecule has 0 unspecified atom stereocenters. The standard InChI is InChI=1S/C14H12ClNO3S2/c15-10-4-1-3-9(7-10)8-11-13(19)16(14(20)21-11)6-2-5-12(17)18/h1,3-4,7-8H,2,5-6H2,(H,17,18)/b11-8-. The molecular formula is C14H12ClNO3S2. The summed E-state index contributed by atoms with van der Waals surface area (Å²) < 4.78 is 0.457. The number of rotatable bonds is 5. The van der Waals surface area contributed by atoms with Crippen LogP contribution in [0.15, 0.2) is 29.2 Å². The summed E-state index contributed by atoms with van der Waals surface area (Å²) in [7, 11) is 0. The van der Waals surface area contributed by atoms with E-state index in [9.17, 15) is 9.59 Å². The van der Waals surface area contributed by atoms with Gasteiger partial charge in [0.15, 0.2) is 0 Å². The summed E-state index contributed by atoms with van der Waals surface area (Å²) in [6.07, 6.45) is 2.14. The molecule has 0 aliphatic carbocycles. The molecule has 1 amide bonds. The average Bonchev–Trinajstić information content (AvgIpc) is 2.66. The van der Waals surface area contributed by atoms with E-state index in [1.165, 1.54) is 16.7 Å². The van der Waals surface area contributed by atoms with Crippen LogP contribution < -0.4 is 0 Å². The Morgan fingerprint density at radius 1 is 1.48 bits per heavy atom. The van der Waals surface area contributed by atoms with E-state index in [1.807, 2.05) is 12.1 Å². The predicted octanol–water partition coefficient (Wildman–Crippen LogP) is 3.41. The third kappa shape index (κ3) is 4.30. The lowest BCUT2D eigenvalue weighted by molar-refractivity contribution is -0.137. The summed E-state index contributed by atoms with van der Waals surface area (Å²) in [6, 6.07) is 7.18. The fraction of sp³-hybridized carbons (Fsp3) is 0.214. The molecule has 1 aliphatic heterocycles. The molecule has 2 rings (SSSR count). The van der Waals surface area contributed by atoms with Gasteiger partial charge >= 0.3 is 5.97 Å². The van der Waals surface area contributed by atoms with E-state index >= 15 is 0 Å². The number of carboxylic acid groups (broad SMARTS) is 1. The molecule has 7 heteroatoms. The molecule has 0 aromatic heterocycles. The van der Waals surface area contributed by atoms with Crippen molar-refractivity contribution in [3.05, 3.63) is 39.8 Å².